The maximum Gasteiger partial charge on any atom is 0.140 e. The summed E-state index contributed by atoms with van der Waals surface area (Å²) in [6, 6.07) is 3.79. The highest BCUT2D eigenvalue weighted by Crippen LogP contribution is 2.52. The van der Waals surface area contributed by atoms with Crippen molar-refractivity contribution in [2.24, 2.45) is 5.41 Å². The van der Waals surface area contributed by atoms with Crippen molar-refractivity contribution in [2.45, 2.75) is 46.5 Å². The monoisotopic (exact) mass is 234 g/mol. The van der Waals surface area contributed by atoms with Gasteiger partial charge in [0.2, 0.25) is 0 Å². The topological polar surface area (TPSA) is 17.1 Å². The Hall–Kier alpha value is -1.18. The second-order valence-corrected chi connectivity index (χ2v) is 5.42. The third kappa shape index (κ3) is 1.70. The van der Waals surface area contributed by atoms with E-state index in [0.717, 1.165) is 12.0 Å². The van der Waals surface area contributed by atoms with Crippen molar-refractivity contribution >= 4 is 5.78 Å². The molecule has 0 amide bonds. The zero-order chi connectivity index (χ0) is 12.8. The largest absolute Gasteiger partial charge is 0.299 e. The molecular formula is C15H19FO. The molecular weight excluding hydrogens is 215 g/mol. The van der Waals surface area contributed by atoms with Gasteiger partial charge in [0.1, 0.15) is 11.6 Å². The summed E-state index contributed by atoms with van der Waals surface area (Å²) in [7, 11) is 0. The summed E-state index contributed by atoms with van der Waals surface area (Å²) >= 11 is 0. The normalized spacial score (nSPS) is 28.1. The van der Waals surface area contributed by atoms with Gasteiger partial charge in [0.25, 0.3) is 0 Å². The molecule has 0 spiro atoms. The molecule has 2 heteroatoms. The van der Waals surface area contributed by atoms with Crippen LogP contribution in [0.2, 0.25) is 0 Å². The number of rotatable bonds is 2. The van der Waals surface area contributed by atoms with Crippen LogP contribution in [0.15, 0.2) is 12.1 Å². The van der Waals surface area contributed by atoms with E-state index >= 15 is 0 Å². The number of carbonyl (C=O) groups is 1. The lowest BCUT2D eigenvalue weighted by Gasteiger charge is -2.45. The van der Waals surface area contributed by atoms with Crippen molar-refractivity contribution in [3.05, 3.63) is 34.6 Å². The average molecular weight is 234 g/mol. The van der Waals surface area contributed by atoms with Gasteiger partial charge in [0.05, 0.1) is 0 Å². The van der Waals surface area contributed by atoms with Crippen LogP contribution in [0.3, 0.4) is 0 Å². The first-order chi connectivity index (χ1) is 7.90. The molecule has 1 aromatic carbocycles. The van der Waals surface area contributed by atoms with Crippen molar-refractivity contribution in [2.75, 3.05) is 0 Å². The first-order valence-corrected chi connectivity index (χ1v) is 6.20. The highest BCUT2D eigenvalue weighted by Gasteiger charge is 2.50. The van der Waals surface area contributed by atoms with Gasteiger partial charge in [0, 0.05) is 17.8 Å². The van der Waals surface area contributed by atoms with Crippen LogP contribution in [-0.4, -0.2) is 5.78 Å². The molecule has 1 saturated carbocycles. The van der Waals surface area contributed by atoms with E-state index in [2.05, 4.69) is 0 Å². The molecule has 1 aromatic rings. The summed E-state index contributed by atoms with van der Waals surface area (Å²) in [5.74, 6) is 0.472. The van der Waals surface area contributed by atoms with Crippen LogP contribution in [0.5, 0.6) is 0 Å². The average Bonchev–Trinajstić information content (AvgIpc) is 2.31. The minimum atomic E-state index is -0.239. The molecule has 0 aromatic heterocycles. The van der Waals surface area contributed by atoms with Crippen LogP contribution >= 0.6 is 0 Å². The molecule has 0 N–H and O–H groups in total. The van der Waals surface area contributed by atoms with Crippen molar-refractivity contribution in [3.8, 4) is 0 Å². The molecule has 1 nitrogen and oxygen atoms in total. The van der Waals surface area contributed by atoms with Crippen LogP contribution < -0.4 is 0 Å². The quantitative estimate of drug-likeness (QED) is 0.758. The van der Waals surface area contributed by atoms with Crippen molar-refractivity contribution in [1.82, 2.24) is 0 Å². The van der Waals surface area contributed by atoms with E-state index in [0.29, 0.717) is 23.3 Å². The van der Waals surface area contributed by atoms with E-state index in [4.69, 9.17) is 0 Å². The van der Waals surface area contributed by atoms with Gasteiger partial charge in [-0.05, 0) is 37.0 Å². The maximum absolute atomic E-state index is 13.6. The summed E-state index contributed by atoms with van der Waals surface area (Å²) in [5.41, 5.74) is 2.23. The highest BCUT2D eigenvalue weighted by molar-refractivity contribution is 5.93. The molecule has 0 aliphatic heterocycles. The fraction of sp³-hybridized carbons (Fsp3) is 0.533. The van der Waals surface area contributed by atoms with Gasteiger partial charge >= 0.3 is 0 Å². The van der Waals surface area contributed by atoms with Gasteiger partial charge < -0.3 is 0 Å². The van der Waals surface area contributed by atoms with Gasteiger partial charge in [-0.1, -0.05) is 26.0 Å². The van der Waals surface area contributed by atoms with Gasteiger partial charge in [-0.3, -0.25) is 4.79 Å². The minimum absolute atomic E-state index is 0.127. The van der Waals surface area contributed by atoms with Gasteiger partial charge in [-0.15, -0.1) is 0 Å². The zero-order valence-corrected chi connectivity index (χ0v) is 10.9. The number of benzene rings is 1. The summed E-state index contributed by atoms with van der Waals surface area (Å²) in [4.78, 5) is 11.7. The predicted molar refractivity (Wildman–Crippen MR) is 66.6 cm³/mol. The molecule has 0 bridgehead atoms. The number of hydrogen-bond acceptors (Lipinski definition) is 1. The molecule has 0 saturated heterocycles. The molecule has 0 radical (unpaired) electrons. The highest BCUT2D eigenvalue weighted by atomic mass is 19.1. The van der Waals surface area contributed by atoms with Crippen molar-refractivity contribution in [3.63, 3.8) is 0 Å². The van der Waals surface area contributed by atoms with E-state index < -0.39 is 0 Å². The number of aryl methyl sites for hydroxylation is 2. The van der Waals surface area contributed by atoms with E-state index in [1.807, 2.05) is 26.0 Å². The van der Waals surface area contributed by atoms with Crippen LogP contribution in [0.25, 0.3) is 0 Å². The standard InChI is InChI=1S/C15H19FO/c1-5-15(4)12(8-13(15)17)11-6-9(2)14(16)10(3)7-11/h6-7,12H,5,8H2,1-4H3. The Morgan fingerprint density at radius 3 is 2.29 bits per heavy atom. The third-order valence-electron chi connectivity index (χ3n) is 4.39. The van der Waals surface area contributed by atoms with Gasteiger partial charge in [0.15, 0.2) is 0 Å². The molecule has 17 heavy (non-hydrogen) atoms. The predicted octanol–water partition coefficient (Wildman–Crippen LogP) is 3.92. The Morgan fingerprint density at radius 1 is 1.35 bits per heavy atom. The van der Waals surface area contributed by atoms with E-state index in [1.54, 1.807) is 13.8 Å². The zero-order valence-electron chi connectivity index (χ0n) is 10.9. The van der Waals surface area contributed by atoms with Gasteiger partial charge in [-0.25, -0.2) is 4.39 Å². The molecule has 1 fully saturated rings. The second-order valence-electron chi connectivity index (χ2n) is 5.42. The Labute approximate surface area is 102 Å². The Balaban J connectivity index is 2.40. The van der Waals surface area contributed by atoms with Gasteiger partial charge in [-0.2, -0.15) is 0 Å². The Kier molecular flexibility index (Phi) is 2.84. The van der Waals surface area contributed by atoms with Crippen molar-refractivity contribution in [1.29, 1.82) is 0 Å². The minimum Gasteiger partial charge on any atom is -0.299 e. The molecule has 1 aliphatic carbocycles. The summed E-state index contributed by atoms with van der Waals surface area (Å²) in [6.45, 7) is 7.65. The first-order valence-electron chi connectivity index (χ1n) is 6.20. The van der Waals surface area contributed by atoms with Crippen molar-refractivity contribution < 1.29 is 9.18 Å². The number of Topliss-reactive ketones (excluding diaryl/α,β-unsaturated/α-hetero) is 1. The van der Waals surface area contributed by atoms with Crippen LogP contribution in [0.4, 0.5) is 4.39 Å². The lowest BCUT2D eigenvalue weighted by molar-refractivity contribution is -0.139. The molecule has 1 aliphatic rings. The first kappa shape index (κ1) is 12.3. The molecule has 2 atom stereocenters. The summed E-state index contributed by atoms with van der Waals surface area (Å²) < 4.78 is 13.6. The molecule has 0 heterocycles. The summed E-state index contributed by atoms with van der Waals surface area (Å²) in [6.07, 6.45) is 1.46. The molecule has 2 unspecified atom stereocenters. The third-order valence-corrected chi connectivity index (χ3v) is 4.39. The van der Waals surface area contributed by atoms with E-state index in [1.165, 1.54) is 0 Å². The summed E-state index contributed by atoms with van der Waals surface area (Å²) in [5, 5.41) is 0. The SMILES string of the molecule is CCC1(C)C(=O)CC1c1cc(C)c(F)c(C)c1. The fourth-order valence-electron chi connectivity index (χ4n) is 2.82. The number of ketones is 1. The fourth-order valence-corrected chi connectivity index (χ4v) is 2.82. The molecule has 92 valence electrons. The number of halogens is 1. The number of carbonyl (C=O) groups excluding carboxylic acids is 1. The van der Waals surface area contributed by atoms with E-state index in [9.17, 15) is 9.18 Å². The van der Waals surface area contributed by atoms with Crippen LogP contribution in [0, 0.1) is 25.1 Å². The Morgan fingerprint density at radius 2 is 1.88 bits per heavy atom. The number of hydrogen-bond donors (Lipinski definition) is 0. The second kappa shape index (κ2) is 3.94. The maximum atomic E-state index is 13.6. The lowest BCUT2D eigenvalue weighted by atomic mass is 9.56. The van der Waals surface area contributed by atoms with Crippen LogP contribution in [-0.2, 0) is 4.79 Å². The lowest BCUT2D eigenvalue weighted by Crippen LogP contribution is -2.45. The van der Waals surface area contributed by atoms with E-state index in [-0.39, 0.29) is 17.2 Å². The van der Waals surface area contributed by atoms with Crippen LogP contribution in [0.1, 0.15) is 49.3 Å². The smallest absolute Gasteiger partial charge is 0.140 e. The Bertz CT molecular complexity index is 455. The molecule has 2 rings (SSSR count).